The van der Waals surface area contributed by atoms with E-state index in [4.69, 9.17) is 0 Å². The Balaban J connectivity index is 2.06. The third-order valence-corrected chi connectivity index (χ3v) is 3.88. The van der Waals surface area contributed by atoms with Gasteiger partial charge in [0.25, 0.3) is 5.91 Å². The molecule has 1 amide bonds. The van der Waals surface area contributed by atoms with E-state index in [0.717, 1.165) is 24.3 Å². The molecular weight excluding hydrogens is 365 g/mol. The van der Waals surface area contributed by atoms with Crippen molar-refractivity contribution < 1.29 is 26.7 Å². The SMILES string of the molecule is O=C(Nc1ccc(-c2ccccc2)c(C(F)(F)F)c1F)c1ccccc1F. The summed E-state index contributed by atoms with van der Waals surface area (Å²) in [7, 11) is 0. The number of carbonyl (C=O) groups excluding carboxylic acids is 1. The lowest BCUT2D eigenvalue weighted by molar-refractivity contribution is -0.139. The first-order chi connectivity index (χ1) is 12.8. The van der Waals surface area contributed by atoms with Crippen molar-refractivity contribution in [2.24, 2.45) is 0 Å². The molecule has 0 saturated heterocycles. The summed E-state index contributed by atoms with van der Waals surface area (Å²) in [5.74, 6) is -3.55. The summed E-state index contributed by atoms with van der Waals surface area (Å²) < 4.78 is 68.8. The molecule has 0 unspecified atom stereocenters. The van der Waals surface area contributed by atoms with Crippen molar-refractivity contribution in [3.63, 3.8) is 0 Å². The molecule has 3 aromatic rings. The topological polar surface area (TPSA) is 29.1 Å². The number of anilines is 1. The van der Waals surface area contributed by atoms with E-state index >= 15 is 0 Å². The van der Waals surface area contributed by atoms with Crippen molar-refractivity contribution in [1.82, 2.24) is 0 Å². The van der Waals surface area contributed by atoms with Crippen LogP contribution in [0.1, 0.15) is 15.9 Å². The Morgan fingerprint density at radius 2 is 1.44 bits per heavy atom. The third-order valence-electron chi connectivity index (χ3n) is 3.88. The number of hydrogen-bond acceptors (Lipinski definition) is 1. The molecule has 0 aliphatic rings. The van der Waals surface area contributed by atoms with E-state index in [1.165, 1.54) is 36.4 Å². The van der Waals surface area contributed by atoms with Crippen LogP contribution in [0.5, 0.6) is 0 Å². The average molecular weight is 377 g/mol. The maximum absolute atomic E-state index is 14.7. The molecule has 0 heterocycles. The average Bonchev–Trinajstić information content (AvgIpc) is 2.63. The smallest absolute Gasteiger partial charge is 0.319 e. The molecule has 3 rings (SSSR count). The Kier molecular flexibility index (Phi) is 4.94. The van der Waals surface area contributed by atoms with Crippen LogP contribution in [-0.4, -0.2) is 5.91 Å². The molecular formula is C20H12F5NO. The van der Waals surface area contributed by atoms with Crippen molar-refractivity contribution in [3.05, 3.63) is 89.5 Å². The minimum absolute atomic E-state index is 0.177. The van der Waals surface area contributed by atoms with Gasteiger partial charge in [-0.2, -0.15) is 13.2 Å². The summed E-state index contributed by atoms with van der Waals surface area (Å²) in [5.41, 5.74) is -2.77. The minimum atomic E-state index is -4.99. The molecule has 27 heavy (non-hydrogen) atoms. The van der Waals surface area contributed by atoms with Gasteiger partial charge in [0.2, 0.25) is 0 Å². The molecule has 0 fully saturated rings. The molecule has 7 heteroatoms. The summed E-state index contributed by atoms with van der Waals surface area (Å²) in [5, 5.41) is 2.00. The van der Waals surface area contributed by atoms with E-state index in [0.29, 0.717) is 0 Å². The molecule has 0 atom stereocenters. The van der Waals surface area contributed by atoms with Gasteiger partial charge >= 0.3 is 6.18 Å². The van der Waals surface area contributed by atoms with Crippen molar-refractivity contribution in [3.8, 4) is 11.1 Å². The fraction of sp³-hybridized carbons (Fsp3) is 0.0500. The van der Waals surface area contributed by atoms with Crippen LogP contribution in [0.15, 0.2) is 66.7 Å². The molecule has 0 bridgehead atoms. The molecule has 0 aliphatic heterocycles. The van der Waals surface area contributed by atoms with E-state index in [1.807, 2.05) is 5.32 Å². The van der Waals surface area contributed by atoms with E-state index < -0.39 is 40.5 Å². The first-order valence-corrected chi connectivity index (χ1v) is 7.80. The van der Waals surface area contributed by atoms with Gasteiger partial charge in [-0.1, -0.05) is 48.5 Å². The number of carbonyl (C=O) groups is 1. The Bertz CT molecular complexity index is 983. The number of benzene rings is 3. The van der Waals surface area contributed by atoms with Crippen LogP contribution < -0.4 is 5.32 Å². The van der Waals surface area contributed by atoms with Crippen LogP contribution in [0.4, 0.5) is 27.6 Å². The van der Waals surface area contributed by atoms with Gasteiger partial charge in [-0.25, -0.2) is 8.78 Å². The number of amides is 1. The lowest BCUT2D eigenvalue weighted by atomic mass is 9.98. The summed E-state index contributed by atoms with van der Waals surface area (Å²) in [6, 6.07) is 14.5. The fourth-order valence-electron chi connectivity index (χ4n) is 2.64. The molecule has 3 aromatic carbocycles. The quantitative estimate of drug-likeness (QED) is 0.566. The Labute approximate surface area is 151 Å². The van der Waals surface area contributed by atoms with E-state index in [9.17, 15) is 26.7 Å². The Hall–Kier alpha value is -3.22. The van der Waals surface area contributed by atoms with Crippen molar-refractivity contribution >= 4 is 11.6 Å². The van der Waals surface area contributed by atoms with Gasteiger partial charge in [-0.3, -0.25) is 4.79 Å². The zero-order valence-corrected chi connectivity index (χ0v) is 13.6. The predicted octanol–water partition coefficient (Wildman–Crippen LogP) is 5.90. The minimum Gasteiger partial charge on any atom is -0.319 e. The van der Waals surface area contributed by atoms with Crippen LogP contribution >= 0.6 is 0 Å². The highest BCUT2D eigenvalue weighted by Crippen LogP contribution is 2.41. The maximum Gasteiger partial charge on any atom is 0.419 e. The lowest BCUT2D eigenvalue weighted by Gasteiger charge is -2.17. The second-order valence-corrected chi connectivity index (χ2v) is 5.65. The van der Waals surface area contributed by atoms with Crippen LogP contribution in [0, 0.1) is 11.6 Å². The van der Waals surface area contributed by atoms with Gasteiger partial charge in [-0.05, 0) is 29.3 Å². The molecule has 0 aliphatic carbocycles. The third kappa shape index (κ3) is 3.81. The lowest BCUT2D eigenvalue weighted by Crippen LogP contribution is -2.17. The van der Waals surface area contributed by atoms with Gasteiger partial charge in [0.05, 0.1) is 11.3 Å². The van der Waals surface area contributed by atoms with Crippen molar-refractivity contribution in [2.75, 3.05) is 5.32 Å². The second kappa shape index (κ2) is 7.19. The van der Waals surface area contributed by atoms with Gasteiger partial charge in [0.1, 0.15) is 11.4 Å². The Morgan fingerprint density at radius 3 is 2.07 bits per heavy atom. The number of halogens is 5. The van der Waals surface area contributed by atoms with Crippen LogP contribution in [0.3, 0.4) is 0 Å². The summed E-state index contributed by atoms with van der Waals surface area (Å²) >= 11 is 0. The number of alkyl halides is 3. The molecule has 1 N–H and O–H groups in total. The van der Waals surface area contributed by atoms with Crippen molar-refractivity contribution in [1.29, 1.82) is 0 Å². The highest BCUT2D eigenvalue weighted by atomic mass is 19.4. The maximum atomic E-state index is 14.7. The van der Waals surface area contributed by atoms with Gasteiger partial charge < -0.3 is 5.32 Å². The standard InChI is InChI=1S/C20H12F5NO/c21-15-9-5-4-8-14(15)19(27)26-16-11-10-13(12-6-2-1-3-7-12)17(18(16)22)20(23,24)25/h1-11H,(H,26,27). The highest BCUT2D eigenvalue weighted by Gasteiger charge is 2.38. The molecule has 2 nitrogen and oxygen atoms in total. The van der Waals surface area contributed by atoms with Crippen molar-refractivity contribution in [2.45, 2.75) is 6.18 Å². The molecule has 0 aromatic heterocycles. The Morgan fingerprint density at radius 1 is 0.815 bits per heavy atom. The number of rotatable bonds is 3. The second-order valence-electron chi connectivity index (χ2n) is 5.65. The summed E-state index contributed by atoms with van der Waals surface area (Å²) in [6.07, 6.45) is -4.99. The molecule has 138 valence electrons. The predicted molar refractivity (Wildman–Crippen MR) is 91.2 cm³/mol. The summed E-state index contributed by atoms with van der Waals surface area (Å²) in [6.45, 7) is 0. The zero-order chi connectivity index (χ0) is 19.6. The van der Waals surface area contributed by atoms with Gasteiger partial charge in [-0.15, -0.1) is 0 Å². The molecule has 0 saturated carbocycles. The fourth-order valence-corrected chi connectivity index (χ4v) is 2.64. The largest absolute Gasteiger partial charge is 0.419 e. The monoisotopic (exact) mass is 377 g/mol. The van der Waals surface area contributed by atoms with Crippen LogP contribution in [-0.2, 0) is 6.18 Å². The molecule has 0 radical (unpaired) electrons. The normalized spacial score (nSPS) is 11.3. The zero-order valence-electron chi connectivity index (χ0n) is 13.6. The first-order valence-electron chi connectivity index (χ1n) is 7.80. The van der Waals surface area contributed by atoms with Crippen LogP contribution in [0.25, 0.3) is 11.1 Å². The van der Waals surface area contributed by atoms with Gasteiger partial charge in [0, 0.05) is 0 Å². The van der Waals surface area contributed by atoms with E-state index in [2.05, 4.69) is 0 Å². The summed E-state index contributed by atoms with van der Waals surface area (Å²) in [4.78, 5) is 12.1. The van der Waals surface area contributed by atoms with E-state index in [-0.39, 0.29) is 11.1 Å². The highest BCUT2D eigenvalue weighted by molar-refractivity contribution is 6.04. The van der Waals surface area contributed by atoms with Crippen LogP contribution in [0.2, 0.25) is 0 Å². The first kappa shape index (κ1) is 18.6. The number of nitrogens with one attached hydrogen (secondary N) is 1. The molecule has 0 spiro atoms. The van der Waals surface area contributed by atoms with Gasteiger partial charge in [0.15, 0.2) is 5.82 Å². The van der Waals surface area contributed by atoms with E-state index in [1.54, 1.807) is 6.07 Å². The number of hydrogen-bond donors (Lipinski definition) is 1.